The molecule has 0 radical (unpaired) electrons. The number of aromatic hydroxyl groups is 1. The number of phenols is 1. The smallest absolute Gasteiger partial charge is 0.174 e. The van der Waals surface area contributed by atoms with Gasteiger partial charge in [-0.25, -0.2) is 0 Å². The fraction of sp³-hybridized carbons (Fsp3) is 0.185. The molecule has 0 bridgehead atoms. The summed E-state index contributed by atoms with van der Waals surface area (Å²) in [5, 5.41) is 15.3. The fourth-order valence-corrected chi connectivity index (χ4v) is 5.26. The Morgan fingerprint density at radius 1 is 1.03 bits per heavy atom. The summed E-state index contributed by atoms with van der Waals surface area (Å²) >= 11 is 12.1. The van der Waals surface area contributed by atoms with Crippen molar-refractivity contribution >= 4 is 34.6 Å². The highest BCUT2D eigenvalue weighted by atomic mass is 35.5. The molecular weight excluding hydrogens is 464 g/mol. The SMILES string of the molecule is Cc1cc(C2C(c3ccccn3)NC(=S)N2c2cc(Cl)ccc2O)c(C)n1Cc1ccccc1. The molecule has 1 saturated heterocycles. The zero-order valence-electron chi connectivity index (χ0n) is 18.9. The van der Waals surface area contributed by atoms with E-state index in [1.165, 1.54) is 5.56 Å². The molecule has 2 atom stereocenters. The van der Waals surface area contributed by atoms with Crippen LogP contribution in [0.2, 0.25) is 5.02 Å². The molecular formula is C27H25ClN4OS. The first-order chi connectivity index (χ1) is 16.4. The van der Waals surface area contributed by atoms with Gasteiger partial charge in [-0.05, 0) is 73.6 Å². The van der Waals surface area contributed by atoms with Crippen LogP contribution in [0.15, 0.2) is 79.0 Å². The second-order valence-electron chi connectivity index (χ2n) is 8.53. The Kier molecular flexibility index (Phi) is 6.02. The van der Waals surface area contributed by atoms with Crippen molar-refractivity contribution in [2.24, 2.45) is 0 Å². The summed E-state index contributed by atoms with van der Waals surface area (Å²) in [5.41, 5.74) is 6.11. The normalized spacial score (nSPS) is 17.7. The van der Waals surface area contributed by atoms with Crippen molar-refractivity contribution < 1.29 is 5.11 Å². The van der Waals surface area contributed by atoms with Gasteiger partial charge in [-0.15, -0.1) is 0 Å². The molecule has 1 aliphatic heterocycles. The molecule has 5 nitrogen and oxygen atoms in total. The van der Waals surface area contributed by atoms with E-state index in [1.54, 1.807) is 24.4 Å². The van der Waals surface area contributed by atoms with Crippen LogP contribution in [0, 0.1) is 13.8 Å². The minimum absolute atomic E-state index is 0.123. The zero-order chi connectivity index (χ0) is 23.8. The van der Waals surface area contributed by atoms with Crippen molar-refractivity contribution in [1.29, 1.82) is 0 Å². The maximum Gasteiger partial charge on any atom is 0.174 e. The van der Waals surface area contributed by atoms with Gasteiger partial charge in [-0.3, -0.25) is 4.98 Å². The molecule has 2 N–H and O–H groups in total. The molecule has 1 fully saturated rings. The van der Waals surface area contributed by atoms with Crippen LogP contribution in [0.3, 0.4) is 0 Å². The Morgan fingerprint density at radius 2 is 1.79 bits per heavy atom. The minimum Gasteiger partial charge on any atom is -0.506 e. The van der Waals surface area contributed by atoms with E-state index >= 15 is 0 Å². The van der Waals surface area contributed by atoms with Crippen LogP contribution in [0.4, 0.5) is 5.69 Å². The van der Waals surface area contributed by atoms with E-state index < -0.39 is 0 Å². The molecule has 172 valence electrons. The molecule has 34 heavy (non-hydrogen) atoms. The molecule has 0 aliphatic carbocycles. The van der Waals surface area contributed by atoms with Crippen molar-refractivity contribution in [3.63, 3.8) is 0 Å². The number of halogens is 1. The lowest BCUT2D eigenvalue weighted by atomic mass is 9.96. The van der Waals surface area contributed by atoms with E-state index in [0.29, 0.717) is 15.8 Å². The van der Waals surface area contributed by atoms with Gasteiger partial charge in [0.2, 0.25) is 0 Å². The highest BCUT2D eigenvalue weighted by Gasteiger charge is 2.43. The number of aryl methyl sites for hydroxylation is 1. The molecule has 2 unspecified atom stereocenters. The standard InChI is InChI=1S/C27H25ClN4OS/c1-17-14-21(18(2)31(17)16-19-8-4-3-5-9-19)26-25(22-10-6-7-13-29-22)30-27(34)32(26)23-15-20(28)11-12-24(23)33/h3-15,25-26,33H,16H2,1-2H3,(H,30,34). The quantitative estimate of drug-likeness (QED) is 0.333. The van der Waals surface area contributed by atoms with Gasteiger partial charge >= 0.3 is 0 Å². The third-order valence-electron chi connectivity index (χ3n) is 6.41. The van der Waals surface area contributed by atoms with Gasteiger partial charge in [0.15, 0.2) is 5.11 Å². The molecule has 0 amide bonds. The number of hydrogen-bond donors (Lipinski definition) is 2. The van der Waals surface area contributed by atoms with E-state index in [0.717, 1.165) is 29.2 Å². The molecule has 4 aromatic rings. The van der Waals surface area contributed by atoms with Gasteiger partial charge in [0.05, 0.1) is 23.5 Å². The summed E-state index contributed by atoms with van der Waals surface area (Å²) < 4.78 is 2.32. The average Bonchev–Trinajstić information content (AvgIpc) is 3.32. The number of thiocarbonyl (C=S) groups is 1. The number of phenolic OH excluding ortho intramolecular Hbond substituents is 1. The summed E-state index contributed by atoms with van der Waals surface area (Å²) in [4.78, 5) is 6.58. The Morgan fingerprint density at radius 3 is 2.53 bits per heavy atom. The second-order valence-corrected chi connectivity index (χ2v) is 9.35. The molecule has 0 saturated carbocycles. The van der Waals surface area contributed by atoms with Gasteiger partial charge in [0.25, 0.3) is 0 Å². The maximum absolute atomic E-state index is 10.8. The molecule has 0 spiro atoms. The van der Waals surface area contributed by atoms with Crippen molar-refractivity contribution in [2.45, 2.75) is 32.5 Å². The lowest BCUT2D eigenvalue weighted by Crippen LogP contribution is -2.29. The zero-order valence-corrected chi connectivity index (χ0v) is 20.5. The monoisotopic (exact) mass is 488 g/mol. The van der Waals surface area contributed by atoms with Gasteiger partial charge in [0.1, 0.15) is 5.75 Å². The fourth-order valence-electron chi connectivity index (χ4n) is 4.76. The van der Waals surface area contributed by atoms with Crippen LogP contribution in [-0.2, 0) is 6.54 Å². The Balaban J connectivity index is 1.65. The number of nitrogens with zero attached hydrogens (tertiary/aromatic N) is 3. The number of benzene rings is 2. The third-order valence-corrected chi connectivity index (χ3v) is 6.96. The van der Waals surface area contributed by atoms with E-state index in [4.69, 9.17) is 23.8 Å². The van der Waals surface area contributed by atoms with Gasteiger partial charge in [-0.1, -0.05) is 48.0 Å². The summed E-state index contributed by atoms with van der Waals surface area (Å²) in [6.45, 7) is 5.04. The topological polar surface area (TPSA) is 53.3 Å². The minimum atomic E-state index is -0.220. The summed E-state index contributed by atoms with van der Waals surface area (Å²) in [6, 6.07) is 23.1. The Bertz CT molecular complexity index is 1340. The lowest BCUT2D eigenvalue weighted by molar-refractivity contribution is 0.472. The van der Waals surface area contributed by atoms with E-state index in [9.17, 15) is 5.11 Å². The highest BCUT2D eigenvalue weighted by Crippen LogP contribution is 2.46. The largest absolute Gasteiger partial charge is 0.506 e. The first-order valence-corrected chi connectivity index (χ1v) is 11.9. The summed E-state index contributed by atoms with van der Waals surface area (Å²) in [6.07, 6.45) is 1.79. The predicted octanol–water partition coefficient (Wildman–Crippen LogP) is 6.08. The highest BCUT2D eigenvalue weighted by molar-refractivity contribution is 7.80. The molecule has 1 aliphatic rings. The predicted molar refractivity (Wildman–Crippen MR) is 140 cm³/mol. The maximum atomic E-state index is 10.8. The number of aromatic nitrogens is 2. The Labute approximate surface area is 209 Å². The first-order valence-electron chi connectivity index (χ1n) is 11.1. The van der Waals surface area contributed by atoms with Crippen LogP contribution in [0.1, 0.15) is 40.3 Å². The van der Waals surface area contributed by atoms with Gasteiger partial charge < -0.3 is 19.9 Å². The van der Waals surface area contributed by atoms with Gasteiger partial charge in [-0.2, -0.15) is 0 Å². The number of rotatable bonds is 5. The van der Waals surface area contributed by atoms with Crippen LogP contribution >= 0.6 is 23.8 Å². The molecule has 5 rings (SSSR count). The molecule has 7 heteroatoms. The van der Waals surface area contributed by atoms with Gasteiger partial charge in [0, 0.05) is 29.2 Å². The van der Waals surface area contributed by atoms with E-state index in [1.807, 2.05) is 29.2 Å². The number of anilines is 1. The van der Waals surface area contributed by atoms with Crippen molar-refractivity contribution in [3.05, 3.63) is 112 Å². The van der Waals surface area contributed by atoms with E-state index in [-0.39, 0.29) is 17.8 Å². The van der Waals surface area contributed by atoms with Crippen LogP contribution in [-0.4, -0.2) is 19.8 Å². The number of pyridine rings is 1. The lowest BCUT2D eigenvalue weighted by Gasteiger charge is -2.28. The van der Waals surface area contributed by atoms with Crippen LogP contribution < -0.4 is 10.2 Å². The first kappa shape index (κ1) is 22.4. The third kappa shape index (κ3) is 4.04. The van der Waals surface area contributed by atoms with Crippen molar-refractivity contribution in [1.82, 2.24) is 14.9 Å². The number of nitrogens with one attached hydrogen (secondary N) is 1. The van der Waals surface area contributed by atoms with E-state index in [2.05, 4.69) is 59.0 Å². The molecule has 2 aromatic heterocycles. The molecule has 3 heterocycles. The van der Waals surface area contributed by atoms with Crippen molar-refractivity contribution in [3.8, 4) is 5.75 Å². The summed E-state index contributed by atoms with van der Waals surface area (Å²) in [7, 11) is 0. The summed E-state index contributed by atoms with van der Waals surface area (Å²) in [5.74, 6) is 0.123. The number of hydrogen-bond acceptors (Lipinski definition) is 3. The van der Waals surface area contributed by atoms with Crippen LogP contribution in [0.5, 0.6) is 5.75 Å². The average molecular weight is 489 g/mol. The van der Waals surface area contributed by atoms with Crippen LogP contribution in [0.25, 0.3) is 0 Å². The van der Waals surface area contributed by atoms with Crippen molar-refractivity contribution in [2.75, 3.05) is 4.90 Å². The Hall–Kier alpha value is -3.35. The molecule has 2 aromatic carbocycles. The second kappa shape index (κ2) is 9.12.